The van der Waals surface area contributed by atoms with Crippen molar-refractivity contribution < 1.29 is 28.5 Å². The number of hydrogen-bond donors (Lipinski definition) is 0. The van der Waals surface area contributed by atoms with Gasteiger partial charge in [0.2, 0.25) is 0 Å². The molecular weight excluding hydrogens is 528 g/mol. The number of carbonyl (C=O) groups is 2. The fourth-order valence-corrected chi connectivity index (χ4v) is 9.73. The number of esters is 2. The van der Waals surface area contributed by atoms with Gasteiger partial charge in [0.15, 0.2) is 0 Å². The van der Waals surface area contributed by atoms with Gasteiger partial charge in [0.1, 0.15) is 23.0 Å². The van der Waals surface area contributed by atoms with Crippen molar-refractivity contribution in [2.45, 2.75) is 78.1 Å². The Morgan fingerprint density at radius 3 is 1.14 bits per heavy atom. The van der Waals surface area contributed by atoms with E-state index in [1.807, 2.05) is 48.5 Å². The van der Waals surface area contributed by atoms with E-state index in [0.29, 0.717) is 60.2 Å². The zero-order chi connectivity index (χ0) is 28.9. The smallest absolute Gasteiger partial charge is 0.318 e. The summed E-state index contributed by atoms with van der Waals surface area (Å²) in [5.41, 5.74) is -0.684. The lowest BCUT2D eigenvalue weighted by molar-refractivity contribution is -0.627. The van der Waals surface area contributed by atoms with Gasteiger partial charge in [-0.05, 0) is 96.9 Å². The van der Waals surface area contributed by atoms with Crippen LogP contribution in [0.25, 0.3) is 0 Å². The first kappa shape index (κ1) is 27.8. The van der Waals surface area contributed by atoms with Crippen molar-refractivity contribution in [2.24, 2.45) is 46.3 Å². The molecule has 0 atom stereocenters. The summed E-state index contributed by atoms with van der Waals surface area (Å²) in [5, 5.41) is 0. The van der Waals surface area contributed by atoms with Crippen LogP contribution in [-0.2, 0) is 9.59 Å². The van der Waals surface area contributed by atoms with Gasteiger partial charge in [-0.1, -0.05) is 65.2 Å². The maximum Gasteiger partial charge on any atom is 0.318 e. The van der Waals surface area contributed by atoms with Crippen LogP contribution in [0.4, 0.5) is 0 Å². The SMILES string of the molecule is CCCCCCCOc1ccc(OC(=O)C23C4C5C2C2C3C4C52C(=O)Oc2ccc(OCCCCCCC)cc2)cc1. The number of carbonyl (C=O) groups excluding carboxylic acids is 2. The molecule has 2 aromatic rings. The average molecular weight is 573 g/mol. The Bertz CT molecular complexity index is 1140. The average Bonchev–Trinajstić information content (AvgIpc) is 3.02. The van der Waals surface area contributed by atoms with Gasteiger partial charge in [-0.25, -0.2) is 0 Å². The van der Waals surface area contributed by atoms with E-state index in [1.54, 1.807) is 0 Å². The van der Waals surface area contributed by atoms with Gasteiger partial charge < -0.3 is 18.9 Å². The number of hydrogen-bond acceptors (Lipinski definition) is 6. The lowest BCUT2D eigenvalue weighted by Crippen LogP contribution is -3.12. The molecule has 0 heterocycles. The van der Waals surface area contributed by atoms with Gasteiger partial charge in [-0.3, -0.25) is 9.59 Å². The predicted molar refractivity (Wildman–Crippen MR) is 158 cm³/mol. The number of ether oxygens (including phenoxy) is 4. The Hall–Kier alpha value is -3.02. The lowest BCUT2D eigenvalue weighted by atomic mass is 8.92. The molecule has 6 saturated carbocycles. The molecule has 0 aromatic heterocycles. The molecule has 6 nitrogen and oxygen atoms in total. The largest absolute Gasteiger partial charge is 0.494 e. The predicted octanol–water partition coefficient (Wildman–Crippen LogP) is 7.63. The molecule has 0 N–H and O–H groups in total. The molecule has 8 rings (SSSR count). The highest BCUT2D eigenvalue weighted by Gasteiger charge is 3.13. The van der Waals surface area contributed by atoms with E-state index in [2.05, 4.69) is 13.8 Å². The van der Waals surface area contributed by atoms with Crippen LogP contribution < -0.4 is 18.9 Å². The van der Waals surface area contributed by atoms with E-state index in [1.165, 1.54) is 51.4 Å². The van der Waals surface area contributed by atoms with E-state index in [0.717, 1.165) is 24.3 Å². The zero-order valence-corrected chi connectivity index (χ0v) is 25.0. The van der Waals surface area contributed by atoms with E-state index in [4.69, 9.17) is 18.9 Å². The molecule has 0 amide bonds. The minimum Gasteiger partial charge on any atom is -0.494 e. The third-order valence-corrected chi connectivity index (χ3v) is 11.4. The van der Waals surface area contributed by atoms with Crippen molar-refractivity contribution in [2.75, 3.05) is 13.2 Å². The summed E-state index contributed by atoms with van der Waals surface area (Å²) in [5.74, 6) is 4.32. The van der Waals surface area contributed by atoms with Crippen LogP contribution >= 0.6 is 0 Å². The van der Waals surface area contributed by atoms with Crippen LogP contribution in [0.15, 0.2) is 48.5 Å². The Morgan fingerprint density at radius 2 is 0.810 bits per heavy atom. The monoisotopic (exact) mass is 572 g/mol. The molecule has 0 radical (unpaired) electrons. The maximum atomic E-state index is 13.3. The van der Waals surface area contributed by atoms with Crippen molar-refractivity contribution in [3.63, 3.8) is 0 Å². The third kappa shape index (κ3) is 3.75. The summed E-state index contributed by atoms with van der Waals surface area (Å²) in [7, 11) is 0. The van der Waals surface area contributed by atoms with Gasteiger partial charge in [0.05, 0.1) is 24.0 Å². The van der Waals surface area contributed by atoms with Gasteiger partial charge in [-0.15, -0.1) is 0 Å². The molecule has 0 saturated heterocycles. The number of unbranched alkanes of at least 4 members (excludes halogenated alkanes) is 8. The van der Waals surface area contributed by atoms with Crippen LogP contribution in [-0.4, -0.2) is 25.2 Å². The Kier molecular flexibility index (Phi) is 7.22. The summed E-state index contributed by atoms with van der Waals surface area (Å²) in [6.07, 6.45) is 12.1. The minimum atomic E-state index is -0.342. The van der Waals surface area contributed by atoms with Crippen LogP contribution in [0.1, 0.15) is 78.1 Å². The van der Waals surface area contributed by atoms with Gasteiger partial charge in [0, 0.05) is 0 Å². The summed E-state index contributed by atoms with van der Waals surface area (Å²) >= 11 is 0. The molecular formula is C36H44O6. The standard InChI is InChI=1S/C36H44O6/c1-3-5-7-9-11-21-39-23-13-17-25(18-14-23)41-33(37)35-27-30-28(35)32-29(35)31(27)36(30,32)34(38)42-26-19-15-24(16-20-26)40-22-12-10-8-6-4-2/h13-20,27-32H,3-12,21-22H2,1-2H3. The fraction of sp³-hybridized carbons (Fsp3) is 0.611. The second-order valence-corrected chi connectivity index (χ2v) is 13.3. The van der Waals surface area contributed by atoms with Gasteiger partial charge in [0.25, 0.3) is 0 Å². The van der Waals surface area contributed by atoms with E-state index in [-0.39, 0.29) is 22.8 Å². The second-order valence-electron chi connectivity index (χ2n) is 13.3. The molecule has 2 aromatic carbocycles. The lowest BCUT2D eigenvalue weighted by Gasteiger charge is -3.08. The van der Waals surface area contributed by atoms with E-state index >= 15 is 0 Å². The minimum absolute atomic E-state index is 0.0986. The molecule has 0 spiro atoms. The van der Waals surface area contributed by atoms with Crippen LogP contribution in [0, 0.1) is 46.3 Å². The molecule has 6 fully saturated rings. The first-order valence-electron chi connectivity index (χ1n) is 16.5. The van der Waals surface area contributed by atoms with Crippen LogP contribution in [0.5, 0.6) is 23.0 Å². The Morgan fingerprint density at radius 1 is 0.500 bits per heavy atom. The molecule has 0 aliphatic heterocycles. The molecule has 6 aliphatic carbocycles. The fourth-order valence-electron chi connectivity index (χ4n) is 9.73. The molecule has 6 heteroatoms. The van der Waals surface area contributed by atoms with Crippen molar-refractivity contribution >= 4 is 11.9 Å². The van der Waals surface area contributed by atoms with Crippen molar-refractivity contribution in [3.8, 4) is 23.0 Å². The van der Waals surface area contributed by atoms with Gasteiger partial charge in [-0.2, -0.15) is 0 Å². The number of rotatable bonds is 18. The maximum absolute atomic E-state index is 13.3. The van der Waals surface area contributed by atoms with Crippen molar-refractivity contribution in [3.05, 3.63) is 48.5 Å². The summed E-state index contributed by atoms with van der Waals surface area (Å²) in [6.45, 7) is 5.86. The molecule has 0 unspecified atom stereocenters. The Labute approximate surface area is 249 Å². The van der Waals surface area contributed by atoms with E-state index < -0.39 is 0 Å². The topological polar surface area (TPSA) is 71.1 Å². The molecule has 42 heavy (non-hydrogen) atoms. The van der Waals surface area contributed by atoms with Crippen LogP contribution in [0.2, 0.25) is 0 Å². The summed E-state index contributed by atoms with van der Waals surface area (Å²) in [4.78, 5) is 26.7. The molecule has 224 valence electrons. The first-order valence-corrected chi connectivity index (χ1v) is 16.5. The Balaban J connectivity index is 0.864. The molecule has 0 bridgehead atoms. The molecule has 6 aliphatic rings. The highest BCUT2D eigenvalue weighted by molar-refractivity contribution is 5.98. The highest BCUT2D eigenvalue weighted by Crippen LogP contribution is 3.10. The second kappa shape index (κ2) is 10.9. The van der Waals surface area contributed by atoms with Crippen LogP contribution in [0.3, 0.4) is 0 Å². The van der Waals surface area contributed by atoms with Gasteiger partial charge >= 0.3 is 11.9 Å². The van der Waals surface area contributed by atoms with E-state index in [9.17, 15) is 9.59 Å². The third-order valence-electron chi connectivity index (χ3n) is 11.4. The zero-order valence-electron chi connectivity index (χ0n) is 25.0. The highest BCUT2D eigenvalue weighted by atomic mass is 16.5. The number of benzene rings is 2. The summed E-state index contributed by atoms with van der Waals surface area (Å²) < 4.78 is 23.4. The normalized spacial score (nSPS) is 33.1. The quantitative estimate of drug-likeness (QED) is 0.104. The van der Waals surface area contributed by atoms with Crippen molar-refractivity contribution in [1.82, 2.24) is 0 Å². The summed E-state index contributed by atoms with van der Waals surface area (Å²) in [6, 6.07) is 14.8. The van der Waals surface area contributed by atoms with Crippen molar-refractivity contribution in [1.29, 1.82) is 0 Å². The first-order chi connectivity index (χ1) is 20.6.